The third-order valence-corrected chi connectivity index (χ3v) is 8.54. The Kier molecular flexibility index (Phi) is 7.16. The van der Waals surface area contributed by atoms with Crippen molar-refractivity contribution in [3.63, 3.8) is 0 Å². The highest BCUT2D eigenvalue weighted by Gasteiger charge is 2.49. The Morgan fingerprint density at radius 3 is 2.56 bits per heavy atom. The first-order chi connectivity index (χ1) is 19.0. The van der Waals surface area contributed by atoms with Crippen molar-refractivity contribution < 1.29 is 18.5 Å². The number of rotatable bonds is 7. The van der Waals surface area contributed by atoms with E-state index in [0.29, 0.717) is 19.0 Å². The van der Waals surface area contributed by atoms with Gasteiger partial charge in [-0.3, -0.25) is 19.5 Å². The van der Waals surface area contributed by atoms with E-state index in [0.717, 1.165) is 37.9 Å². The van der Waals surface area contributed by atoms with Crippen LogP contribution >= 0.6 is 0 Å². The van der Waals surface area contributed by atoms with Crippen LogP contribution < -0.4 is 10.6 Å². The minimum absolute atomic E-state index is 0.0591. The fourth-order valence-corrected chi connectivity index (χ4v) is 6.15. The summed E-state index contributed by atoms with van der Waals surface area (Å²) in [6, 6.07) is 13.5. The molecule has 2 atom stereocenters. The van der Waals surface area contributed by atoms with Gasteiger partial charge in [0.25, 0.3) is 5.91 Å². The van der Waals surface area contributed by atoms with Crippen LogP contribution in [0.2, 0.25) is 0 Å². The van der Waals surface area contributed by atoms with Gasteiger partial charge in [-0.1, -0.05) is 42.6 Å². The molecule has 3 aliphatic rings. The second-order valence-corrected chi connectivity index (χ2v) is 11.1. The highest BCUT2D eigenvalue weighted by molar-refractivity contribution is 5.94. The molecule has 3 heterocycles. The van der Waals surface area contributed by atoms with Crippen LogP contribution in [0.4, 0.5) is 4.39 Å². The van der Waals surface area contributed by atoms with E-state index in [1.807, 2.05) is 18.2 Å². The quantitative estimate of drug-likeness (QED) is 0.468. The van der Waals surface area contributed by atoms with E-state index < -0.39 is 23.2 Å². The molecule has 0 spiro atoms. The van der Waals surface area contributed by atoms with Crippen molar-refractivity contribution in [1.29, 1.82) is 0 Å². The van der Waals surface area contributed by atoms with Crippen molar-refractivity contribution in [3.8, 4) is 11.3 Å². The number of benzene rings is 1. The van der Waals surface area contributed by atoms with E-state index in [1.165, 1.54) is 31.4 Å². The van der Waals surface area contributed by atoms with Gasteiger partial charge in [0.05, 0.1) is 22.7 Å². The average Bonchev–Trinajstić information content (AvgIpc) is 3.59. The van der Waals surface area contributed by atoms with Crippen LogP contribution in [-0.4, -0.2) is 52.0 Å². The van der Waals surface area contributed by atoms with Crippen LogP contribution in [0.5, 0.6) is 0 Å². The van der Waals surface area contributed by atoms with Gasteiger partial charge >= 0.3 is 0 Å². The first-order valence-corrected chi connectivity index (χ1v) is 14.0. The Bertz CT molecular complexity index is 1320. The predicted molar refractivity (Wildman–Crippen MR) is 143 cm³/mol. The molecule has 0 bridgehead atoms. The molecule has 204 valence electrons. The number of hydrogen-bond acceptors (Lipinski definition) is 6. The van der Waals surface area contributed by atoms with Crippen LogP contribution in [-0.2, 0) is 10.3 Å². The summed E-state index contributed by atoms with van der Waals surface area (Å²) in [5, 5.41) is 10.2. The lowest BCUT2D eigenvalue weighted by Crippen LogP contribution is -2.58. The molecule has 39 heavy (non-hydrogen) atoms. The van der Waals surface area contributed by atoms with Gasteiger partial charge in [0.15, 0.2) is 11.5 Å². The topological polar surface area (TPSA) is 100 Å². The zero-order chi connectivity index (χ0) is 26.8. The molecule has 2 aliphatic carbocycles. The van der Waals surface area contributed by atoms with E-state index in [4.69, 9.17) is 4.52 Å². The SMILES string of the molecule is O=C(N[C@@H]1CCN(C2CCCCC2)C[C@H]1C(=O)NC1(c2ccccn2)CC1)c1cc(-c2ccccc2F)on1. The van der Waals surface area contributed by atoms with Crippen molar-refractivity contribution in [2.24, 2.45) is 5.92 Å². The molecule has 1 aromatic carbocycles. The third-order valence-electron chi connectivity index (χ3n) is 8.54. The van der Waals surface area contributed by atoms with Gasteiger partial charge in [0, 0.05) is 37.4 Å². The molecule has 0 unspecified atom stereocenters. The molecule has 3 aromatic rings. The van der Waals surface area contributed by atoms with Gasteiger partial charge in [-0.25, -0.2) is 4.39 Å². The molecular formula is C30H34FN5O3. The molecule has 2 aromatic heterocycles. The van der Waals surface area contributed by atoms with Crippen LogP contribution in [0, 0.1) is 11.7 Å². The van der Waals surface area contributed by atoms with Gasteiger partial charge in [-0.15, -0.1) is 0 Å². The maximum Gasteiger partial charge on any atom is 0.273 e. The maximum absolute atomic E-state index is 14.2. The Hall–Kier alpha value is -3.59. The molecule has 2 N–H and O–H groups in total. The summed E-state index contributed by atoms with van der Waals surface area (Å²) in [7, 11) is 0. The molecule has 2 amide bonds. The summed E-state index contributed by atoms with van der Waals surface area (Å²) in [6.07, 6.45) is 10.1. The van der Waals surface area contributed by atoms with Gasteiger partial charge in [-0.05, 0) is 56.4 Å². The number of carbonyl (C=O) groups excluding carboxylic acids is 2. The largest absolute Gasteiger partial charge is 0.355 e. The molecule has 6 rings (SSSR count). The minimum atomic E-state index is -0.450. The summed E-state index contributed by atoms with van der Waals surface area (Å²) >= 11 is 0. The van der Waals surface area contributed by atoms with Crippen LogP contribution in [0.25, 0.3) is 11.3 Å². The van der Waals surface area contributed by atoms with Gasteiger partial charge in [0.1, 0.15) is 5.82 Å². The number of piperidine rings is 1. The molecular weight excluding hydrogens is 497 g/mol. The van der Waals surface area contributed by atoms with Crippen molar-refractivity contribution in [2.45, 2.75) is 69.0 Å². The lowest BCUT2D eigenvalue weighted by Gasteiger charge is -2.43. The summed E-state index contributed by atoms with van der Waals surface area (Å²) in [4.78, 5) is 34.0. The fourth-order valence-electron chi connectivity index (χ4n) is 6.15. The lowest BCUT2D eigenvalue weighted by atomic mass is 9.86. The normalized spacial score (nSPS) is 23.2. The first-order valence-electron chi connectivity index (χ1n) is 14.0. The average molecular weight is 532 g/mol. The first kappa shape index (κ1) is 25.7. The molecule has 8 nitrogen and oxygen atoms in total. The fraction of sp³-hybridized carbons (Fsp3) is 0.467. The van der Waals surface area contributed by atoms with Crippen LogP contribution in [0.15, 0.2) is 59.3 Å². The lowest BCUT2D eigenvalue weighted by molar-refractivity contribution is -0.129. The molecule has 2 saturated carbocycles. The van der Waals surface area contributed by atoms with Crippen LogP contribution in [0.1, 0.15) is 67.5 Å². The Morgan fingerprint density at radius 2 is 1.82 bits per heavy atom. The molecule has 9 heteroatoms. The van der Waals surface area contributed by atoms with Gasteiger partial charge in [0.2, 0.25) is 5.91 Å². The Balaban J connectivity index is 1.19. The number of likely N-dealkylation sites (tertiary alicyclic amines) is 1. The molecule has 1 saturated heterocycles. The van der Waals surface area contributed by atoms with Gasteiger partial charge in [-0.2, -0.15) is 0 Å². The molecule has 3 fully saturated rings. The predicted octanol–water partition coefficient (Wildman–Crippen LogP) is 4.43. The van der Waals surface area contributed by atoms with E-state index in [1.54, 1.807) is 24.4 Å². The monoisotopic (exact) mass is 531 g/mol. The zero-order valence-electron chi connectivity index (χ0n) is 21.9. The summed E-state index contributed by atoms with van der Waals surface area (Å²) < 4.78 is 19.5. The van der Waals surface area contributed by atoms with Crippen molar-refractivity contribution in [1.82, 2.24) is 25.7 Å². The second kappa shape index (κ2) is 10.9. The molecule has 1 aliphatic heterocycles. The minimum Gasteiger partial charge on any atom is -0.355 e. The van der Waals surface area contributed by atoms with Crippen molar-refractivity contribution >= 4 is 11.8 Å². The van der Waals surface area contributed by atoms with E-state index in [2.05, 4.69) is 25.7 Å². The van der Waals surface area contributed by atoms with Gasteiger partial charge < -0.3 is 15.2 Å². The van der Waals surface area contributed by atoms with E-state index in [-0.39, 0.29) is 29.0 Å². The Labute approximate surface area is 227 Å². The summed E-state index contributed by atoms with van der Waals surface area (Å²) in [6.45, 7) is 1.42. The van der Waals surface area contributed by atoms with Crippen LogP contribution in [0.3, 0.4) is 0 Å². The number of carbonyl (C=O) groups is 2. The number of nitrogens with zero attached hydrogens (tertiary/aromatic N) is 3. The zero-order valence-corrected chi connectivity index (χ0v) is 21.9. The number of pyridine rings is 1. The molecule has 0 radical (unpaired) electrons. The second-order valence-electron chi connectivity index (χ2n) is 11.1. The standard InChI is InChI=1S/C30H34FN5O3/c31-23-11-5-4-10-21(23)26-18-25(35-39-26)29(38)33-24-13-17-36(20-8-2-1-3-9-20)19-22(24)28(37)34-30(14-15-30)27-12-6-7-16-32-27/h4-7,10-12,16,18,20,22,24H,1-3,8-9,13-15,17,19H2,(H,33,38)(H,34,37)/t22-,24-/m1/s1. The Morgan fingerprint density at radius 1 is 1.03 bits per heavy atom. The number of amides is 2. The summed E-state index contributed by atoms with van der Waals surface area (Å²) in [5.41, 5.74) is 0.753. The number of hydrogen-bond donors (Lipinski definition) is 2. The highest BCUT2D eigenvalue weighted by Crippen LogP contribution is 2.45. The van der Waals surface area contributed by atoms with E-state index >= 15 is 0 Å². The van der Waals surface area contributed by atoms with Crippen molar-refractivity contribution in [2.75, 3.05) is 13.1 Å². The maximum atomic E-state index is 14.2. The summed E-state index contributed by atoms with van der Waals surface area (Å²) in [5.74, 6) is -1.17. The number of nitrogens with one attached hydrogen (secondary N) is 2. The van der Waals surface area contributed by atoms with E-state index in [9.17, 15) is 14.0 Å². The number of aromatic nitrogens is 2. The third kappa shape index (κ3) is 5.45. The highest BCUT2D eigenvalue weighted by atomic mass is 19.1. The van der Waals surface area contributed by atoms with Crippen molar-refractivity contribution in [3.05, 3.63) is 71.9 Å². The smallest absolute Gasteiger partial charge is 0.273 e. The number of halogens is 1.